The van der Waals surface area contributed by atoms with Crippen LogP contribution in [0, 0.1) is 27.7 Å². The van der Waals surface area contributed by atoms with Gasteiger partial charge in [0.2, 0.25) is 10.0 Å². The van der Waals surface area contributed by atoms with Crippen LogP contribution in [0.2, 0.25) is 0 Å². The van der Waals surface area contributed by atoms with Crippen molar-refractivity contribution in [2.24, 2.45) is 0 Å². The number of rotatable bonds is 6. The number of aliphatic hydroxyl groups is 1. The van der Waals surface area contributed by atoms with Crippen molar-refractivity contribution in [3.8, 4) is 0 Å². The molecule has 0 heterocycles. The van der Waals surface area contributed by atoms with E-state index in [9.17, 15) is 17.2 Å². The molecule has 0 unspecified atom stereocenters. The fourth-order valence-corrected chi connectivity index (χ4v) is 4.26. The lowest BCUT2D eigenvalue weighted by Gasteiger charge is -2.24. The summed E-state index contributed by atoms with van der Waals surface area (Å²) in [5.41, 5.74) is 2.68. The van der Waals surface area contributed by atoms with Crippen molar-refractivity contribution in [2.45, 2.75) is 39.0 Å². The van der Waals surface area contributed by atoms with E-state index in [-0.39, 0.29) is 11.4 Å². The zero-order chi connectivity index (χ0) is 16.4. The second-order valence-corrected chi connectivity index (χ2v) is 6.94. The van der Waals surface area contributed by atoms with E-state index in [1.165, 1.54) is 0 Å². The molecule has 0 saturated carbocycles. The van der Waals surface area contributed by atoms with Crippen LogP contribution in [0.3, 0.4) is 0 Å². The number of aliphatic hydroxyl groups excluding tert-OH is 1. The molecule has 7 heteroatoms. The smallest absolute Gasteiger partial charge is 0.252 e. The van der Waals surface area contributed by atoms with E-state index in [4.69, 9.17) is 5.11 Å². The number of aryl methyl sites for hydroxylation is 2. The van der Waals surface area contributed by atoms with Crippen molar-refractivity contribution in [3.63, 3.8) is 0 Å². The largest absolute Gasteiger partial charge is 0.395 e. The fraction of sp³-hybridized carbons (Fsp3) is 0.571. The Kier molecular flexibility index (Phi) is 5.83. The zero-order valence-electron chi connectivity index (χ0n) is 12.7. The highest BCUT2D eigenvalue weighted by Crippen LogP contribution is 2.28. The van der Waals surface area contributed by atoms with Gasteiger partial charge in [0.05, 0.1) is 18.0 Å². The molecule has 0 radical (unpaired) electrons. The first-order valence-electron chi connectivity index (χ1n) is 6.59. The van der Waals surface area contributed by atoms with Gasteiger partial charge in [-0.2, -0.15) is 4.31 Å². The number of hydrogen-bond donors (Lipinski definition) is 1. The highest BCUT2D eigenvalue weighted by atomic mass is 32.2. The molecule has 0 bridgehead atoms. The Hall–Kier alpha value is -1.05. The summed E-state index contributed by atoms with van der Waals surface area (Å²) in [7, 11) is -4.07. The third-order valence-electron chi connectivity index (χ3n) is 3.59. The molecule has 0 saturated heterocycles. The van der Waals surface area contributed by atoms with Crippen LogP contribution in [0.25, 0.3) is 0 Å². The van der Waals surface area contributed by atoms with Crippen molar-refractivity contribution in [1.82, 2.24) is 4.31 Å². The predicted octanol–water partition coefficient (Wildman–Crippen LogP) is 2.17. The Morgan fingerprint density at radius 1 is 1.14 bits per heavy atom. The maximum atomic E-state index is 12.7. The molecule has 0 aliphatic carbocycles. The van der Waals surface area contributed by atoms with Crippen molar-refractivity contribution in [1.29, 1.82) is 0 Å². The first-order valence-corrected chi connectivity index (χ1v) is 8.03. The molecular formula is C14H21F2NO3S. The molecule has 0 spiro atoms. The van der Waals surface area contributed by atoms with Gasteiger partial charge in [0.1, 0.15) is 0 Å². The Labute approximate surface area is 124 Å². The molecule has 0 amide bonds. The standard InChI is InChI=1S/C14H21F2NO3S/c1-9-7-10(2)12(4)14(11(9)3)21(19,20)17(5-6-18)8-13(15)16/h7,13,18H,5-6,8H2,1-4H3. The maximum absolute atomic E-state index is 12.7. The fourth-order valence-electron chi connectivity index (χ4n) is 2.27. The quantitative estimate of drug-likeness (QED) is 0.873. The summed E-state index contributed by atoms with van der Waals surface area (Å²) in [5, 5.41) is 8.96. The normalized spacial score (nSPS) is 12.4. The average molecular weight is 321 g/mol. The van der Waals surface area contributed by atoms with Crippen molar-refractivity contribution >= 4 is 10.0 Å². The van der Waals surface area contributed by atoms with Gasteiger partial charge < -0.3 is 5.11 Å². The topological polar surface area (TPSA) is 57.6 Å². The van der Waals surface area contributed by atoms with Crippen LogP contribution in [-0.2, 0) is 10.0 Å². The van der Waals surface area contributed by atoms with Crippen LogP contribution in [-0.4, -0.2) is 44.0 Å². The lowest BCUT2D eigenvalue weighted by Crippen LogP contribution is -2.38. The second-order valence-electron chi connectivity index (χ2n) is 5.07. The summed E-state index contributed by atoms with van der Waals surface area (Å²) in [6.07, 6.45) is -2.79. The molecule has 0 aromatic heterocycles. The van der Waals surface area contributed by atoms with Crippen molar-refractivity contribution in [3.05, 3.63) is 28.3 Å². The number of benzene rings is 1. The summed E-state index contributed by atoms with van der Waals surface area (Å²) in [6.45, 7) is 5.11. The van der Waals surface area contributed by atoms with E-state index in [0.29, 0.717) is 15.4 Å². The van der Waals surface area contributed by atoms with E-state index < -0.39 is 29.6 Å². The Bertz CT molecular complexity index is 589. The Morgan fingerprint density at radius 3 is 2.00 bits per heavy atom. The Morgan fingerprint density at radius 2 is 1.62 bits per heavy atom. The maximum Gasteiger partial charge on any atom is 0.252 e. The number of nitrogens with zero attached hydrogens (tertiary/aromatic N) is 1. The molecule has 4 nitrogen and oxygen atoms in total. The minimum atomic E-state index is -4.07. The minimum Gasteiger partial charge on any atom is -0.395 e. The van der Waals surface area contributed by atoms with Gasteiger partial charge in [0.25, 0.3) is 6.43 Å². The molecule has 0 aliphatic heterocycles. The van der Waals surface area contributed by atoms with E-state index in [1.54, 1.807) is 27.7 Å². The van der Waals surface area contributed by atoms with Crippen molar-refractivity contribution in [2.75, 3.05) is 19.7 Å². The number of halogens is 2. The van der Waals surface area contributed by atoms with Crippen LogP contribution < -0.4 is 0 Å². The molecule has 1 aromatic carbocycles. The lowest BCUT2D eigenvalue weighted by atomic mass is 10.0. The SMILES string of the molecule is Cc1cc(C)c(C)c(S(=O)(=O)N(CCO)CC(F)F)c1C. The number of sulfonamides is 1. The highest BCUT2D eigenvalue weighted by Gasteiger charge is 2.30. The summed E-state index contributed by atoms with van der Waals surface area (Å²) in [4.78, 5) is 0.0640. The van der Waals surface area contributed by atoms with Gasteiger partial charge in [-0.05, 0) is 49.9 Å². The van der Waals surface area contributed by atoms with Gasteiger partial charge in [0, 0.05) is 6.54 Å². The average Bonchev–Trinajstić information content (AvgIpc) is 2.35. The number of alkyl halides is 2. The van der Waals surface area contributed by atoms with Crippen LogP contribution >= 0.6 is 0 Å². The molecule has 1 rings (SSSR count). The minimum absolute atomic E-state index is 0.0640. The molecule has 0 atom stereocenters. The number of hydrogen-bond acceptors (Lipinski definition) is 3. The molecule has 0 aliphatic rings. The molecule has 0 fully saturated rings. The van der Waals surface area contributed by atoms with Gasteiger partial charge in [-0.25, -0.2) is 17.2 Å². The van der Waals surface area contributed by atoms with Crippen LogP contribution in [0.1, 0.15) is 22.3 Å². The first-order chi connectivity index (χ1) is 9.62. The first kappa shape index (κ1) is 18.0. The van der Waals surface area contributed by atoms with E-state index >= 15 is 0 Å². The van der Waals surface area contributed by atoms with Crippen LogP contribution in [0.4, 0.5) is 8.78 Å². The zero-order valence-corrected chi connectivity index (χ0v) is 13.5. The summed E-state index contributed by atoms with van der Waals surface area (Å²) in [5.74, 6) is 0. The Balaban J connectivity index is 3.48. The summed E-state index contributed by atoms with van der Waals surface area (Å²) >= 11 is 0. The van der Waals surface area contributed by atoms with Gasteiger partial charge in [-0.15, -0.1) is 0 Å². The van der Waals surface area contributed by atoms with E-state index in [0.717, 1.165) is 11.1 Å². The van der Waals surface area contributed by atoms with Gasteiger partial charge in [-0.1, -0.05) is 6.07 Å². The van der Waals surface area contributed by atoms with Crippen molar-refractivity contribution < 1.29 is 22.3 Å². The molecule has 1 aromatic rings. The molecule has 120 valence electrons. The molecular weight excluding hydrogens is 300 g/mol. The highest BCUT2D eigenvalue weighted by molar-refractivity contribution is 7.89. The lowest BCUT2D eigenvalue weighted by molar-refractivity contribution is 0.113. The van der Waals surface area contributed by atoms with Gasteiger partial charge in [0.15, 0.2) is 0 Å². The summed E-state index contributed by atoms with van der Waals surface area (Å²) < 4.78 is 51.3. The molecule has 1 N–H and O–H groups in total. The molecule has 21 heavy (non-hydrogen) atoms. The second kappa shape index (κ2) is 6.81. The van der Waals surface area contributed by atoms with Crippen LogP contribution in [0.15, 0.2) is 11.0 Å². The van der Waals surface area contributed by atoms with Gasteiger partial charge in [-0.3, -0.25) is 0 Å². The summed E-state index contributed by atoms with van der Waals surface area (Å²) in [6, 6.07) is 1.87. The van der Waals surface area contributed by atoms with Crippen LogP contribution in [0.5, 0.6) is 0 Å². The predicted molar refractivity (Wildman–Crippen MR) is 77.2 cm³/mol. The van der Waals surface area contributed by atoms with E-state index in [2.05, 4.69) is 0 Å². The monoisotopic (exact) mass is 321 g/mol. The van der Waals surface area contributed by atoms with E-state index in [1.807, 2.05) is 6.07 Å². The third-order valence-corrected chi connectivity index (χ3v) is 5.73. The van der Waals surface area contributed by atoms with Gasteiger partial charge >= 0.3 is 0 Å². The third kappa shape index (κ3) is 3.78.